The monoisotopic (exact) mass is 451 g/mol. The lowest BCUT2D eigenvalue weighted by Gasteiger charge is -2.11. The maximum absolute atomic E-state index is 6.26. The number of anilines is 1. The molecule has 6 heteroatoms. The molecule has 0 saturated carbocycles. The first-order valence-electron chi connectivity index (χ1n) is 5.76. The van der Waals surface area contributed by atoms with E-state index in [4.69, 9.17) is 11.6 Å². The van der Waals surface area contributed by atoms with E-state index in [1.165, 1.54) is 0 Å². The Morgan fingerprint density at radius 2 is 2.11 bits per heavy atom. The Bertz CT molecular complexity index is 594. The summed E-state index contributed by atoms with van der Waals surface area (Å²) in [4.78, 5) is 9.13. The van der Waals surface area contributed by atoms with E-state index in [1.54, 1.807) is 0 Å². The summed E-state index contributed by atoms with van der Waals surface area (Å²) in [7, 11) is 1.86. The summed E-state index contributed by atoms with van der Waals surface area (Å²) in [6, 6.07) is 5.71. The van der Waals surface area contributed by atoms with E-state index < -0.39 is 0 Å². The van der Waals surface area contributed by atoms with Crippen molar-refractivity contribution in [3.63, 3.8) is 0 Å². The lowest BCUT2D eigenvalue weighted by Crippen LogP contribution is -2.05. The van der Waals surface area contributed by atoms with E-state index in [0.717, 1.165) is 31.5 Å². The highest BCUT2D eigenvalue weighted by atomic mass is 127. The number of benzene rings is 1. The molecule has 100 valence electrons. The normalized spacial score (nSPS) is 10.6. The second-order valence-corrected chi connectivity index (χ2v) is 6.29. The van der Waals surface area contributed by atoms with Gasteiger partial charge in [-0.3, -0.25) is 0 Å². The predicted octanol–water partition coefficient (Wildman–Crippen LogP) is 4.77. The van der Waals surface area contributed by atoms with Crippen LogP contribution in [0.1, 0.15) is 12.6 Å². The lowest BCUT2D eigenvalue weighted by atomic mass is 10.2. The third kappa shape index (κ3) is 3.20. The van der Waals surface area contributed by atoms with Crippen LogP contribution in [-0.2, 0) is 6.42 Å². The molecular formula is C13H12BrClIN3. The molecule has 0 aliphatic carbocycles. The Kier molecular flexibility index (Phi) is 5.03. The average molecular weight is 453 g/mol. The summed E-state index contributed by atoms with van der Waals surface area (Å²) in [6.07, 6.45) is 0.858. The van der Waals surface area contributed by atoms with E-state index in [1.807, 2.05) is 25.2 Å². The van der Waals surface area contributed by atoms with Crippen molar-refractivity contribution in [1.82, 2.24) is 9.97 Å². The summed E-state index contributed by atoms with van der Waals surface area (Å²) in [5.41, 5.74) is 1.86. The van der Waals surface area contributed by atoms with Crippen LogP contribution in [-0.4, -0.2) is 17.0 Å². The molecule has 3 nitrogen and oxygen atoms in total. The molecule has 0 radical (unpaired) electrons. The molecule has 1 heterocycles. The number of nitrogens with one attached hydrogen (secondary N) is 1. The fourth-order valence-electron chi connectivity index (χ4n) is 1.68. The summed E-state index contributed by atoms with van der Waals surface area (Å²) >= 11 is 11.9. The van der Waals surface area contributed by atoms with E-state index in [-0.39, 0.29) is 0 Å². The fraction of sp³-hybridized carbons (Fsp3) is 0.231. The van der Waals surface area contributed by atoms with Crippen molar-refractivity contribution >= 4 is 55.9 Å². The van der Waals surface area contributed by atoms with Gasteiger partial charge in [-0.1, -0.05) is 34.5 Å². The molecule has 0 fully saturated rings. The third-order valence-corrected chi connectivity index (χ3v) is 4.60. The van der Waals surface area contributed by atoms with Crippen LogP contribution < -0.4 is 5.32 Å². The summed E-state index contributed by atoms with van der Waals surface area (Å²) in [6.45, 7) is 2.08. The first-order chi connectivity index (χ1) is 9.06. The Hall–Kier alpha value is -0.400. The van der Waals surface area contributed by atoms with Crippen LogP contribution >= 0.6 is 50.1 Å². The molecule has 0 unspecified atom stereocenters. The van der Waals surface area contributed by atoms with Gasteiger partial charge in [-0.2, -0.15) is 0 Å². The third-order valence-electron chi connectivity index (χ3n) is 2.66. The number of hydrogen-bond donors (Lipinski definition) is 1. The van der Waals surface area contributed by atoms with E-state index in [9.17, 15) is 0 Å². The van der Waals surface area contributed by atoms with E-state index >= 15 is 0 Å². The Morgan fingerprint density at radius 1 is 1.37 bits per heavy atom. The number of halogens is 3. The maximum atomic E-state index is 6.26. The Balaban J connectivity index is 2.62. The minimum atomic E-state index is 0.639. The standard InChI is InChI=1S/C13H12BrClIN3/c1-3-10-11(16)13(17-2)19-12(18-10)8-5-4-7(14)6-9(8)15/h4-6H,3H2,1-2H3,(H,17,18,19). The first-order valence-corrected chi connectivity index (χ1v) is 8.01. The summed E-state index contributed by atoms with van der Waals surface area (Å²) < 4.78 is 2.00. The largest absolute Gasteiger partial charge is 0.372 e. The van der Waals surface area contributed by atoms with Crippen LogP contribution in [0.25, 0.3) is 11.4 Å². The van der Waals surface area contributed by atoms with Gasteiger partial charge >= 0.3 is 0 Å². The quantitative estimate of drug-likeness (QED) is 0.682. The molecule has 2 aromatic rings. The summed E-state index contributed by atoms with van der Waals surface area (Å²) in [5, 5.41) is 3.74. The second-order valence-electron chi connectivity index (χ2n) is 3.88. The van der Waals surface area contributed by atoms with Crippen molar-refractivity contribution in [2.45, 2.75) is 13.3 Å². The van der Waals surface area contributed by atoms with Gasteiger partial charge in [0.25, 0.3) is 0 Å². The Labute approximate surface area is 139 Å². The van der Waals surface area contributed by atoms with Crippen molar-refractivity contribution in [3.05, 3.63) is 37.0 Å². The van der Waals surface area contributed by atoms with Crippen molar-refractivity contribution in [2.24, 2.45) is 0 Å². The Morgan fingerprint density at radius 3 is 2.68 bits per heavy atom. The second kappa shape index (κ2) is 6.37. The molecule has 0 amide bonds. The van der Waals surface area contributed by atoms with Crippen LogP contribution in [0, 0.1) is 3.57 Å². The zero-order chi connectivity index (χ0) is 14.0. The topological polar surface area (TPSA) is 37.8 Å². The summed E-state index contributed by atoms with van der Waals surface area (Å²) in [5.74, 6) is 1.49. The predicted molar refractivity (Wildman–Crippen MR) is 91.8 cm³/mol. The molecule has 0 aliphatic rings. The molecule has 0 saturated heterocycles. The average Bonchev–Trinajstić information content (AvgIpc) is 2.39. The number of hydrogen-bond acceptors (Lipinski definition) is 3. The van der Waals surface area contributed by atoms with Gasteiger partial charge in [0.05, 0.1) is 14.3 Å². The lowest BCUT2D eigenvalue weighted by molar-refractivity contribution is 0.990. The molecule has 0 atom stereocenters. The molecule has 0 aliphatic heterocycles. The zero-order valence-electron chi connectivity index (χ0n) is 10.5. The number of rotatable bonds is 3. The van der Waals surface area contributed by atoms with Gasteiger partial charge in [0.2, 0.25) is 0 Å². The van der Waals surface area contributed by atoms with Gasteiger partial charge in [-0.25, -0.2) is 9.97 Å². The molecule has 19 heavy (non-hydrogen) atoms. The maximum Gasteiger partial charge on any atom is 0.163 e. The minimum absolute atomic E-state index is 0.639. The van der Waals surface area contributed by atoms with Gasteiger partial charge in [-0.15, -0.1) is 0 Å². The molecule has 1 aromatic heterocycles. The van der Waals surface area contributed by atoms with Crippen molar-refractivity contribution < 1.29 is 0 Å². The highest BCUT2D eigenvalue weighted by Crippen LogP contribution is 2.30. The van der Waals surface area contributed by atoms with Gasteiger partial charge in [0.1, 0.15) is 5.82 Å². The van der Waals surface area contributed by atoms with Crippen molar-refractivity contribution in [3.8, 4) is 11.4 Å². The van der Waals surface area contributed by atoms with Crippen molar-refractivity contribution in [2.75, 3.05) is 12.4 Å². The van der Waals surface area contributed by atoms with Crippen LogP contribution in [0.2, 0.25) is 5.02 Å². The van der Waals surface area contributed by atoms with Crippen LogP contribution in [0.4, 0.5) is 5.82 Å². The number of nitrogens with zero attached hydrogens (tertiary/aromatic N) is 2. The minimum Gasteiger partial charge on any atom is -0.372 e. The van der Waals surface area contributed by atoms with Crippen LogP contribution in [0.3, 0.4) is 0 Å². The molecule has 0 bridgehead atoms. The molecule has 1 N–H and O–H groups in total. The SMILES string of the molecule is CCc1nc(-c2ccc(Br)cc2Cl)nc(NC)c1I. The number of aromatic nitrogens is 2. The molecular weight excluding hydrogens is 440 g/mol. The molecule has 0 spiro atoms. The van der Waals surface area contributed by atoms with Crippen LogP contribution in [0.5, 0.6) is 0 Å². The van der Waals surface area contributed by atoms with Gasteiger partial charge < -0.3 is 5.32 Å². The molecule has 1 aromatic carbocycles. The van der Waals surface area contributed by atoms with Gasteiger partial charge in [0.15, 0.2) is 5.82 Å². The van der Waals surface area contributed by atoms with Crippen LogP contribution in [0.15, 0.2) is 22.7 Å². The highest BCUT2D eigenvalue weighted by Gasteiger charge is 2.13. The van der Waals surface area contributed by atoms with E-state index in [0.29, 0.717) is 10.8 Å². The number of aryl methyl sites for hydroxylation is 1. The molecule has 2 rings (SSSR count). The highest BCUT2D eigenvalue weighted by molar-refractivity contribution is 14.1. The van der Waals surface area contributed by atoms with Gasteiger partial charge in [0, 0.05) is 17.1 Å². The smallest absolute Gasteiger partial charge is 0.163 e. The van der Waals surface area contributed by atoms with Crippen molar-refractivity contribution in [1.29, 1.82) is 0 Å². The van der Waals surface area contributed by atoms with Gasteiger partial charge in [-0.05, 0) is 47.2 Å². The zero-order valence-corrected chi connectivity index (χ0v) is 15.0. The fourth-order valence-corrected chi connectivity index (χ4v) is 3.33. The first kappa shape index (κ1) is 15.0. The van der Waals surface area contributed by atoms with E-state index in [2.05, 4.69) is 60.7 Å².